The van der Waals surface area contributed by atoms with Crippen molar-refractivity contribution < 1.29 is 43.5 Å². The molecule has 284 valence electrons. The molecule has 0 aromatic rings. The third-order valence-corrected chi connectivity index (χ3v) is 11.7. The molecule has 4 rings (SSSR count). The number of hydrogen-bond acceptors (Lipinski definition) is 13. The maximum atomic E-state index is 14.4. The Balaban J connectivity index is 1.56. The normalized spacial score (nSPS) is 41.3. The second kappa shape index (κ2) is 16.5. The van der Waals surface area contributed by atoms with Gasteiger partial charge in [0.2, 0.25) is 0 Å². The first-order valence-corrected chi connectivity index (χ1v) is 18.1. The minimum absolute atomic E-state index is 0.00168. The van der Waals surface area contributed by atoms with Gasteiger partial charge in [0.15, 0.2) is 12.6 Å². The molecule has 0 radical (unpaired) electrons. The van der Waals surface area contributed by atoms with Gasteiger partial charge in [0.1, 0.15) is 18.5 Å². The first-order chi connectivity index (χ1) is 22.9. The summed E-state index contributed by atoms with van der Waals surface area (Å²) in [5, 5.41) is 24.0. The van der Waals surface area contributed by atoms with Crippen LogP contribution in [-0.2, 0) is 28.5 Å². The van der Waals surface area contributed by atoms with Crippen molar-refractivity contribution in [2.75, 3.05) is 67.6 Å². The number of amides is 1. The van der Waals surface area contributed by atoms with Gasteiger partial charge in [-0.15, -0.1) is 0 Å². The lowest BCUT2D eigenvalue weighted by Crippen LogP contribution is -2.59. The van der Waals surface area contributed by atoms with E-state index < -0.39 is 47.8 Å². The number of aliphatic hydroxyl groups is 2. The Morgan fingerprint density at radius 2 is 1.71 bits per heavy atom. The molecule has 0 saturated carbocycles. The van der Waals surface area contributed by atoms with Crippen molar-refractivity contribution in [3.63, 3.8) is 0 Å². The van der Waals surface area contributed by atoms with Crippen LogP contribution in [-0.4, -0.2) is 164 Å². The molecule has 4 aliphatic heterocycles. The SMILES string of the molecule is CO[C@]1(C)C[C@@H](C)CN(C)[C@@H](C2CCN(C[C@@H]3COC(=O)N3N)CC2)CO[C@@H](O)C(C)(C)C(=O)[C@H](C)[C@H]1O[C@@H]1O[C@H](C)C[C@H](N(C)C)[C@H]1O. The number of ether oxygens (including phenoxy) is 5. The molecule has 0 unspecified atom stereocenters. The maximum absolute atomic E-state index is 14.4. The third kappa shape index (κ3) is 9.13. The van der Waals surface area contributed by atoms with Crippen LogP contribution in [0.3, 0.4) is 0 Å². The number of piperidine rings is 1. The summed E-state index contributed by atoms with van der Waals surface area (Å²) < 4.78 is 30.4. The zero-order valence-electron chi connectivity index (χ0n) is 31.5. The molecule has 4 aliphatic rings. The van der Waals surface area contributed by atoms with E-state index in [0.717, 1.165) is 32.5 Å². The minimum Gasteiger partial charge on any atom is -0.446 e. The van der Waals surface area contributed by atoms with E-state index in [2.05, 4.69) is 23.8 Å². The van der Waals surface area contributed by atoms with E-state index in [4.69, 9.17) is 29.5 Å². The van der Waals surface area contributed by atoms with Gasteiger partial charge in [0, 0.05) is 38.2 Å². The topological polar surface area (TPSA) is 160 Å². The second-order valence-electron chi connectivity index (χ2n) is 16.3. The molecule has 0 spiro atoms. The number of aliphatic hydroxyl groups excluding tert-OH is 2. The van der Waals surface area contributed by atoms with Crippen LogP contribution >= 0.6 is 0 Å². The van der Waals surface area contributed by atoms with Gasteiger partial charge in [0.05, 0.1) is 35.9 Å². The fourth-order valence-electron chi connectivity index (χ4n) is 8.59. The monoisotopic (exact) mass is 699 g/mol. The number of hydrazine groups is 1. The summed E-state index contributed by atoms with van der Waals surface area (Å²) in [5.74, 6) is 5.38. The lowest BCUT2D eigenvalue weighted by Gasteiger charge is -2.47. The van der Waals surface area contributed by atoms with Crippen LogP contribution in [0.25, 0.3) is 0 Å². The number of carbonyl (C=O) groups excluding carboxylic acids is 2. The number of likely N-dealkylation sites (tertiary alicyclic amines) is 1. The first-order valence-electron chi connectivity index (χ1n) is 18.1. The highest BCUT2D eigenvalue weighted by molar-refractivity contribution is 5.87. The molecule has 0 aromatic carbocycles. The number of cyclic esters (lactones) is 1. The van der Waals surface area contributed by atoms with Gasteiger partial charge >= 0.3 is 6.09 Å². The number of rotatable bonds is 7. The first kappa shape index (κ1) is 40.3. The highest BCUT2D eigenvalue weighted by atomic mass is 16.7. The van der Waals surface area contributed by atoms with Crippen molar-refractivity contribution in [1.29, 1.82) is 0 Å². The van der Waals surface area contributed by atoms with Gasteiger partial charge < -0.3 is 48.6 Å². The fourth-order valence-corrected chi connectivity index (χ4v) is 8.59. The van der Waals surface area contributed by atoms with Gasteiger partial charge in [-0.05, 0) is 99.4 Å². The number of methoxy groups -OCH3 is 1. The van der Waals surface area contributed by atoms with Gasteiger partial charge in [-0.1, -0.05) is 13.8 Å². The molecule has 11 atom stereocenters. The predicted molar refractivity (Wildman–Crippen MR) is 183 cm³/mol. The summed E-state index contributed by atoms with van der Waals surface area (Å²) in [6.07, 6.45) is -1.62. The van der Waals surface area contributed by atoms with Crippen molar-refractivity contribution in [3.8, 4) is 0 Å². The Morgan fingerprint density at radius 1 is 1.06 bits per heavy atom. The molecule has 4 saturated heterocycles. The Morgan fingerprint density at radius 3 is 2.29 bits per heavy atom. The molecule has 14 heteroatoms. The van der Waals surface area contributed by atoms with E-state index in [0.29, 0.717) is 31.9 Å². The van der Waals surface area contributed by atoms with Crippen molar-refractivity contribution in [1.82, 2.24) is 19.7 Å². The fraction of sp³-hybridized carbons (Fsp3) is 0.943. The highest BCUT2D eigenvalue weighted by Crippen LogP contribution is 2.39. The number of nitrogens with two attached hydrogens (primary N) is 1. The smallest absolute Gasteiger partial charge is 0.424 e. The summed E-state index contributed by atoms with van der Waals surface area (Å²) >= 11 is 0. The van der Waals surface area contributed by atoms with Crippen molar-refractivity contribution in [2.45, 2.75) is 122 Å². The largest absolute Gasteiger partial charge is 0.446 e. The predicted octanol–water partition coefficient (Wildman–Crippen LogP) is 1.52. The van der Waals surface area contributed by atoms with E-state index in [-0.39, 0.29) is 42.5 Å². The summed E-state index contributed by atoms with van der Waals surface area (Å²) in [6, 6.07) is -0.336. The Hall–Kier alpha value is -1.46. The van der Waals surface area contributed by atoms with E-state index in [1.807, 2.05) is 39.8 Å². The molecule has 4 fully saturated rings. The molecular formula is C35H65N5O9. The quantitative estimate of drug-likeness (QED) is 0.260. The van der Waals surface area contributed by atoms with Gasteiger partial charge in [-0.25, -0.2) is 15.6 Å². The molecule has 0 bridgehead atoms. The summed E-state index contributed by atoms with van der Waals surface area (Å²) in [5.41, 5.74) is -2.19. The average molecular weight is 700 g/mol. The van der Waals surface area contributed by atoms with Crippen LogP contribution in [0.2, 0.25) is 0 Å². The van der Waals surface area contributed by atoms with Crippen molar-refractivity contribution >= 4 is 11.9 Å². The number of Topliss-reactive ketones (excluding diaryl/α,β-unsaturated/α-hetero) is 1. The van der Waals surface area contributed by atoms with Crippen LogP contribution in [0.1, 0.15) is 67.2 Å². The minimum atomic E-state index is -1.35. The molecule has 49 heavy (non-hydrogen) atoms. The second-order valence-corrected chi connectivity index (χ2v) is 16.3. The van der Waals surface area contributed by atoms with E-state index >= 15 is 0 Å². The molecule has 0 aromatic heterocycles. The molecule has 4 N–H and O–H groups in total. The summed E-state index contributed by atoms with van der Waals surface area (Å²) in [7, 11) is 7.59. The Labute approximate surface area is 293 Å². The number of likely N-dealkylation sites (N-methyl/N-ethyl adjacent to an activating group) is 2. The molecule has 4 heterocycles. The Kier molecular flexibility index (Phi) is 13.6. The number of carbonyl (C=O) groups is 2. The van der Waals surface area contributed by atoms with Crippen LogP contribution in [0.5, 0.6) is 0 Å². The van der Waals surface area contributed by atoms with Crippen LogP contribution < -0.4 is 5.84 Å². The summed E-state index contributed by atoms with van der Waals surface area (Å²) in [6.45, 7) is 15.0. The van der Waals surface area contributed by atoms with Gasteiger partial charge in [0.25, 0.3) is 0 Å². The maximum Gasteiger partial charge on any atom is 0.424 e. The van der Waals surface area contributed by atoms with Crippen LogP contribution in [0.4, 0.5) is 4.79 Å². The van der Waals surface area contributed by atoms with E-state index in [1.165, 1.54) is 5.01 Å². The third-order valence-electron chi connectivity index (χ3n) is 11.7. The standard InChI is InChI=1S/C35H65N5O9/c1-21-16-35(6,45-10)30(49-31-28(41)26(37(7)8)15-22(2)48-31)23(3)29(42)34(4,5)32(43)46-20-27(38(9)17-21)24-11-13-39(14-12-24)18-25-19-47-33(44)40(25)36/h21-28,30-32,41,43H,11-20,36H2,1-10H3/t21-,22-,23+,25-,26+,27-,28-,30-,31+,32-,35-/m1/s1. The molecule has 14 nitrogen and oxygen atoms in total. The average Bonchev–Trinajstić information content (AvgIpc) is 3.36. The number of ketones is 1. The van der Waals surface area contributed by atoms with E-state index in [9.17, 15) is 19.8 Å². The summed E-state index contributed by atoms with van der Waals surface area (Å²) in [4.78, 5) is 32.7. The number of hydrogen-bond donors (Lipinski definition) is 3. The molecule has 0 aliphatic carbocycles. The van der Waals surface area contributed by atoms with Crippen molar-refractivity contribution in [2.24, 2.45) is 29.0 Å². The van der Waals surface area contributed by atoms with Gasteiger partial charge in [-0.2, -0.15) is 0 Å². The number of nitrogens with zero attached hydrogens (tertiary/aromatic N) is 4. The molecular weight excluding hydrogens is 634 g/mol. The van der Waals surface area contributed by atoms with E-state index in [1.54, 1.807) is 21.0 Å². The lowest BCUT2D eigenvalue weighted by molar-refractivity contribution is -0.296. The van der Waals surface area contributed by atoms with Crippen LogP contribution in [0.15, 0.2) is 0 Å². The Bertz CT molecular complexity index is 1110. The lowest BCUT2D eigenvalue weighted by atomic mass is 9.74. The van der Waals surface area contributed by atoms with Gasteiger partial charge in [-0.3, -0.25) is 4.79 Å². The highest BCUT2D eigenvalue weighted by Gasteiger charge is 2.51. The van der Waals surface area contributed by atoms with Crippen molar-refractivity contribution in [3.05, 3.63) is 0 Å². The molecule has 1 amide bonds. The van der Waals surface area contributed by atoms with Crippen LogP contribution in [0, 0.1) is 23.2 Å². The zero-order valence-corrected chi connectivity index (χ0v) is 31.5. The zero-order chi connectivity index (χ0) is 36.4.